The minimum Gasteiger partial charge on any atom is -0.354 e. The van der Waals surface area contributed by atoms with Crippen molar-refractivity contribution in [1.29, 1.82) is 0 Å². The monoisotopic (exact) mass is 525 g/mol. The molecule has 0 bridgehead atoms. The predicted molar refractivity (Wildman–Crippen MR) is 137 cm³/mol. The van der Waals surface area contributed by atoms with E-state index < -0.39 is 17.2 Å². The Morgan fingerprint density at radius 2 is 1.74 bits per heavy atom. The van der Waals surface area contributed by atoms with E-state index in [1.807, 2.05) is 0 Å². The summed E-state index contributed by atoms with van der Waals surface area (Å²) in [4.78, 5) is 38.4. The fraction of sp³-hybridized carbons (Fsp3) is 0.393. The lowest BCUT2D eigenvalue weighted by Gasteiger charge is -2.16. The lowest BCUT2D eigenvalue weighted by molar-refractivity contribution is -0.137. The molecule has 38 heavy (non-hydrogen) atoms. The molecule has 1 aliphatic rings. The van der Waals surface area contributed by atoms with Crippen LogP contribution in [0.5, 0.6) is 0 Å². The van der Waals surface area contributed by atoms with Crippen LogP contribution in [0.15, 0.2) is 48.9 Å². The molecule has 200 valence electrons. The highest BCUT2D eigenvalue weighted by Gasteiger charge is 2.51. The molecule has 1 aliphatic carbocycles. The molecular weight excluding hydrogens is 495 g/mol. The summed E-state index contributed by atoms with van der Waals surface area (Å²) in [5.41, 5.74) is 0.274. The summed E-state index contributed by atoms with van der Waals surface area (Å²) in [6.07, 6.45) is 2.02. The van der Waals surface area contributed by atoms with Crippen LogP contribution in [-0.4, -0.2) is 26.6 Å². The zero-order valence-corrected chi connectivity index (χ0v) is 21.5. The predicted octanol–water partition coefficient (Wildman–Crippen LogP) is 5.81. The number of hydrogen-bond acceptors (Lipinski definition) is 6. The van der Waals surface area contributed by atoms with Crippen molar-refractivity contribution in [2.75, 3.05) is 5.32 Å². The van der Waals surface area contributed by atoms with Gasteiger partial charge in [0, 0.05) is 25.2 Å². The minimum absolute atomic E-state index is 0.0637. The number of amides is 1. The van der Waals surface area contributed by atoms with Crippen molar-refractivity contribution in [3.05, 3.63) is 77.1 Å². The number of carbonyl (C=O) groups excluding carboxylic acids is 2. The Morgan fingerprint density at radius 1 is 1.03 bits per heavy atom. The summed E-state index contributed by atoms with van der Waals surface area (Å²) in [6.45, 7) is 5.87. The highest BCUT2D eigenvalue weighted by Crippen LogP contribution is 2.49. The van der Waals surface area contributed by atoms with Gasteiger partial charge in [-0.2, -0.15) is 13.2 Å². The van der Waals surface area contributed by atoms with Gasteiger partial charge in [-0.3, -0.25) is 14.6 Å². The summed E-state index contributed by atoms with van der Waals surface area (Å²) in [6, 6.07) is 7.31. The van der Waals surface area contributed by atoms with E-state index in [2.05, 4.69) is 39.4 Å². The first-order valence-electron chi connectivity index (χ1n) is 12.5. The number of alkyl halides is 3. The van der Waals surface area contributed by atoms with Crippen LogP contribution in [0.4, 0.5) is 24.5 Å². The molecule has 2 heterocycles. The van der Waals surface area contributed by atoms with Gasteiger partial charge in [-0.15, -0.1) is 0 Å². The van der Waals surface area contributed by atoms with Crippen molar-refractivity contribution in [3.8, 4) is 0 Å². The number of halogens is 3. The first-order chi connectivity index (χ1) is 17.9. The summed E-state index contributed by atoms with van der Waals surface area (Å²) >= 11 is 0. The Balaban J connectivity index is 1.32. The second-order valence-electron chi connectivity index (χ2n) is 10.3. The van der Waals surface area contributed by atoms with Gasteiger partial charge in [-0.1, -0.05) is 25.5 Å². The molecule has 1 fully saturated rings. The summed E-state index contributed by atoms with van der Waals surface area (Å²) in [5, 5.41) is 5.60. The van der Waals surface area contributed by atoms with Crippen molar-refractivity contribution in [3.63, 3.8) is 0 Å². The highest BCUT2D eigenvalue weighted by molar-refractivity contribution is 6.00. The van der Waals surface area contributed by atoms with E-state index in [0.29, 0.717) is 47.1 Å². The SMILES string of the molecule is Cc1ccc(Nc2ccc(CNC(=O)C3(CC(=O)c4cnc(CC(C)C)nc4)CC3)nc2)c(C(F)(F)F)c1. The Labute approximate surface area is 219 Å². The first kappa shape index (κ1) is 27.2. The molecule has 0 spiro atoms. The van der Waals surface area contributed by atoms with Crippen LogP contribution < -0.4 is 10.6 Å². The third kappa shape index (κ3) is 6.73. The number of aryl methyl sites for hydroxylation is 1. The van der Waals surface area contributed by atoms with Crippen LogP contribution in [0, 0.1) is 18.3 Å². The molecule has 1 aromatic carbocycles. The molecule has 1 saturated carbocycles. The summed E-state index contributed by atoms with van der Waals surface area (Å²) in [5.74, 6) is 0.703. The van der Waals surface area contributed by atoms with Gasteiger partial charge in [0.2, 0.25) is 5.91 Å². The van der Waals surface area contributed by atoms with Gasteiger partial charge in [-0.25, -0.2) is 9.97 Å². The van der Waals surface area contributed by atoms with Gasteiger partial charge in [0.15, 0.2) is 5.78 Å². The maximum atomic E-state index is 13.4. The van der Waals surface area contributed by atoms with Gasteiger partial charge in [0.25, 0.3) is 0 Å². The number of benzene rings is 1. The maximum Gasteiger partial charge on any atom is 0.418 e. The number of pyridine rings is 1. The zero-order valence-electron chi connectivity index (χ0n) is 21.5. The topological polar surface area (TPSA) is 96.9 Å². The largest absolute Gasteiger partial charge is 0.418 e. The number of anilines is 2. The molecule has 0 radical (unpaired) electrons. The fourth-order valence-corrected chi connectivity index (χ4v) is 4.13. The second-order valence-corrected chi connectivity index (χ2v) is 10.3. The van der Waals surface area contributed by atoms with Crippen LogP contribution in [-0.2, 0) is 23.9 Å². The Kier molecular flexibility index (Phi) is 7.80. The molecule has 1 amide bonds. The van der Waals surface area contributed by atoms with Crippen molar-refractivity contribution in [2.45, 2.75) is 59.2 Å². The van der Waals surface area contributed by atoms with Crippen LogP contribution in [0.3, 0.4) is 0 Å². The summed E-state index contributed by atoms with van der Waals surface area (Å²) < 4.78 is 40.1. The lowest BCUT2D eigenvalue weighted by atomic mass is 9.95. The van der Waals surface area contributed by atoms with Crippen molar-refractivity contribution in [1.82, 2.24) is 20.3 Å². The Hall–Kier alpha value is -3.82. The Bertz CT molecular complexity index is 1300. The molecule has 7 nitrogen and oxygen atoms in total. The number of ketones is 1. The van der Waals surface area contributed by atoms with Crippen LogP contribution in [0.1, 0.15) is 66.1 Å². The molecule has 0 saturated heterocycles. The molecule has 2 N–H and O–H groups in total. The second kappa shape index (κ2) is 10.9. The molecule has 0 atom stereocenters. The number of nitrogens with zero attached hydrogens (tertiary/aromatic N) is 3. The molecular formula is C28H30F3N5O2. The molecule has 2 aromatic heterocycles. The van der Waals surface area contributed by atoms with Crippen LogP contribution in [0.25, 0.3) is 0 Å². The standard InChI is InChI=1S/C28H30F3N5O2/c1-17(2)10-25-33-13-19(14-34-25)24(37)12-27(8-9-27)26(38)35-15-20-5-6-21(16-32-20)36-23-7-4-18(3)11-22(23)28(29,30)31/h4-7,11,13-14,16-17,36H,8-10,12,15H2,1-3H3,(H,35,38). The van der Waals surface area contributed by atoms with Crippen molar-refractivity contribution < 1.29 is 22.8 Å². The minimum atomic E-state index is -4.49. The van der Waals surface area contributed by atoms with E-state index in [1.54, 1.807) is 25.1 Å². The number of rotatable bonds is 10. The highest BCUT2D eigenvalue weighted by atomic mass is 19.4. The third-order valence-electron chi connectivity index (χ3n) is 6.47. The van der Waals surface area contributed by atoms with Gasteiger partial charge >= 0.3 is 6.18 Å². The third-order valence-corrected chi connectivity index (χ3v) is 6.47. The molecule has 3 aromatic rings. The molecule has 10 heteroatoms. The Morgan fingerprint density at radius 3 is 2.32 bits per heavy atom. The number of Topliss-reactive ketones (excluding diaryl/α,β-unsaturated/α-hetero) is 1. The number of hydrogen-bond donors (Lipinski definition) is 2. The fourth-order valence-electron chi connectivity index (χ4n) is 4.13. The van der Waals surface area contributed by atoms with Crippen molar-refractivity contribution in [2.24, 2.45) is 11.3 Å². The van der Waals surface area contributed by atoms with Gasteiger partial charge < -0.3 is 10.6 Å². The van der Waals surface area contributed by atoms with E-state index in [-0.39, 0.29) is 30.3 Å². The van der Waals surface area contributed by atoms with Crippen LogP contribution >= 0.6 is 0 Å². The summed E-state index contributed by atoms with van der Waals surface area (Å²) in [7, 11) is 0. The first-order valence-corrected chi connectivity index (χ1v) is 12.5. The van der Waals surface area contributed by atoms with E-state index >= 15 is 0 Å². The van der Waals surface area contributed by atoms with E-state index in [4.69, 9.17) is 0 Å². The van der Waals surface area contributed by atoms with Crippen molar-refractivity contribution >= 4 is 23.1 Å². The van der Waals surface area contributed by atoms with E-state index in [0.717, 1.165) is 12.5 Å². The average Bonchev–Trinajstić information content (AvgIpc) is 3.64. The normalized spacial score (nSPS) is 14.3. The zero-order chi connectivity index (χ0) is 27.5. The maximum absolute atomic E-state index is 13.4. The molecule has 4 rings (SSSR count). The average molecular weight is 526 g/mol. The quantitative estimate of drug-likeness (QED) is 0.324. The molecule has 0 aliphatic heterocycles. The lowest BCUT2D eigenvalue weighted by Crippen LogP contribution is -2.33. The van der Waals surface area contributed by atoms with Gasteiger partial charge in [0.1, 0.15) is 5.82 Å². The number of carbonyl (C=O) groups is 2. The molecule has 0 unspecified atom stereocenters. The van der Waals surface area contributed by atoms with E-state index in [1.165, 1.54) is 24.7 Å². The van der Waals surface area contributed by atoms with Crippen LogP contribution in [0.2, 0.25) is 0 Å². The van der Waals surface area contributed by atoms with Gasteiger partial charge in [-0.05, 0) is 49.9 Å². The van der Waals surface area contributed by atoms with Gasteiger partial charge in [0.05, 0.1) is 46.4 Å². The number of aromatic nitrogens is 3. The number of nitrogens with one attached hydrogen (secondary N) is 2. The smallest absolute Gasteiger partial charge is 0.354 e. The van der Waals surface area contributed by atoms with E-state index in [9.17, 15) is 22.8 Å².